The molecule has 0 spiro atoms. The van der Waals surface area contributed by atoms with Gasteiger partial charge in [0.05, 0.1) is 10.4 Å². The van der Waals surface area contributed by atoms with Gasteiger partial charge in [0.15, 0.2) is 0 Å². The lowest BCUT2D eigenvalue weighted by Gasteiger charge is -1.97. The van der Waals surface area contributed by atoms with Crippen molar-refractivity contribution >= 4 is 27.4 Å². The summed E-state index contributed by atoms with van der Waals surface area (Å²) in [4.78, 5) is 16.6. The highest BCUT2D eigenvalue weighted by atomic mass is 32.1. The van der Waals surface area contributed by atoms with Gasteiger partial charge in [-0.25, -0.2) is 9.78 Å². The average Bonchev–Trinajstić information content (AvgIpc) is 3.21. The highest BCUT2D eigenvalue weighted by Gasteiger charge is 2.12. The number of oxazole rings is 1. The summed E-state index contributed by atoms with van der Waals surface area (Å²) in [6.45, 7) is 0. The molecular formula is C18H11NO3S. The Morgan fingerprint density at radius 2 is 1.96 bits per heavy atom. The second-order valence-corrected chi connectivity index (χ2v) is 6.16. The normalized spacial score (nSPS) is 11.0. The van der Waals surface area contributed by atoms with E-state index in [1.807, 2.05) is 12.1 Å². The molecule has 0 fully saturated rings. The van der Waals surface area contributed by atoms with Crippen molar-refractivity contribution < 1.29 is 14.3 Å². The molecule has 0 aliphatic carbocycles. The molecule has 0 amide bonds. The summed E-state index contributed by atoms with van der Waals surface area (Å²) in [5.74, 6) is -0.552. The first-order valence-corrected chi connectivity index (χ1v) is 7.80. The molecule has 0 unspecified atom stereocenters. The van der Waals surface area contributed by atoms with E-state index in [-0.39, 0.29) is 5.56 Å². The number of rotatable bonds is 3. The Labute approximate surface area is 135 Å². The van der Waals surface area contributed by atoms with Gasteiger partial charge in [-0.3, -0.25) is 0 Å². The van der Waals surface area contributed by atoms with Crippen LogP contribution in [0.2, 0.25) is 0 Å². The van der Waals surface area contributed by atoms with E-state index in [2.05, 4.69) is 23.2 Å². The van der Waals surface area contributed by atoms with Crippen LogP contribution < -0.4 is 0 Å². The molecule has 2 aromatic carbocycles. The monoisotopic (exact) mass is 321 g/mol. The van der Waals surface area contributed by atoms with E-state index in [1.54, 1.807) is 41.9 Å². The molecule has 0 saturated heterocycles. The van der Waals surface area contributed by atoms with E-state index in [0.29, 0.717) is 11.5 Å². The SMILES string of the molecule is O=C(O)c1cccc(-c2nc(-c3cc4ccccc4s3)co2)c1. The lowest BCUT2D eigenvalue weighted by Crippen LogP contribution is -1.95. The Bertz CT molecular complexity index is 983. The molecule has 1 N–H and O–H groups in total. The summed E-state index contributed by atoms with van der Waals surface area (Å²) < 4.78 is 6.73. The van der Waals surface area contributed by atoms with Gasteiger partial charge in [-0.15, -0.1) is 11.3 Å². The van der Waals surface area contributed by atoms with Gasteiger partial charge < -0.3 is 9.52 Å². The number of fused-ring (bicyclic) bond motifs is 1. The number of carbonyl (C=O) groups is 1. The number of aromatic nitrogens is 1. The van der Waals surface area contributed by atoms with Crippen molar-refractivity contribution in [2.75, 3.05) is 0 Å². The molecule has 4 aromatic rings. The molecule has 0 aliphatic rings. The van der Waals surface area contributed by atoms with Gasteiger partial charge in [0, 0.05) is 10.3 Å². The average molecular weight is 321 g/mol. The number of thiophene rings is 1. The van der Waals surface area contributed by atoms with Crippen molar-refractivity contribution in [3.05, 3.63) is 66.4 Å². The fourth-order valence-corrected chi connectivity index (χ4v) is 3.43. The third-order valence-electron chi connectivity index (χ3n) is 3.54. The molecule has 112 valence electrons. The maximum atomic E-state index is 11.1. The fourth-order valence-electron chi connectivity index (χ4n) is 2.41. The lowest BCUT2D eigenvalue weighted by atomic mass is 10.1. The van der Waals surface area contributed by atoms with Crippen molar-refractivity contribution in [3.8, 4) is 22.0 Å². The van der Waals surface area contributed by atoms with Crippen molar-refractivity contribution in [1.29, 1.82) is 0 Å². The summed E-state index contributed by atoms with van der Waals surface area (Å²) in [5.41, 5.74) is 1.61. The standard InChI is InChI=1S/C18H11NO3S/c20-18(21)13-6-3-5-12(8-13)17-19-14(10-22-17)16-9-11-4-1-2-7-15(11)23-16/h1-10H,(H,20,21). The summed E-state index contributed by atoms with van der Waals surface area (Å²) in [7, 11) is 0. The second kappa shape index (κ2) is 5.37. The van der Waals surface area contributed by atoms with E-state index in [4.69, 9.17) is 9.52 Å². The number of hydrogen-bond donors (Lipinski definition) is 1. The zero-order chi connectivity index (χ0) is 15.8. The fraction of sp³-hybridized carbons (Fsp3) is 0. The molecule has 2 aromatic heterocycles. The van der Waals surface area contributed by atoms with Gasteiger partial charge in [-0.05, 0) is 35.7 Å². The van der Waals surface area contributed by atoms with Gasteiger partial charge >= 0.3 is 5.97 Å². The van der Waals surface area contributed by atoms with E-state index in [0.717, 1.165) is 10.6 Å². The van der Waals surface area contributed by atoms with E-state index >= 15 is 0 Å². The number of nitrogens with zero attached hydrogens (tertiary/aromatic N) is 1. The van der Waals surface area contributed by atoms with E-state index in [1.165, 1.54) is 10.1 Å². The molecule has 0 bridgehead atoms. The minimum absolute atomic E-state index is 0.212. The molecule has 0 atom stereocenters. The minimum Gasteiger partial charge on any atom is -0.478 e. The summed E-state index contributed by atoms with van der Waals surface area (Å²) >= 11 is 1.65. The molecule has 2 heterocycles. The predicted molar refractivity (Wildman–Crippen MR) is 89.7 cm³/mol. The summed E-state index contributed by atoms with van der Waals surface area (Å²) in [6, 6.07) is 16.8. The first-order valence-electron chi connectivity index (χ1n) is 6.99. The van der Waals surface area contributed by atoms with Crippen LogP contribution in [-0.2, 0) is 0 Å². The third kappa shape index (κ3) is 2.51. The zero-order valence-corrected chi connectivity index (χ0v) is 12.7. The Balaban J connectivity index is 1.74. The van der Waals surface area contributed by atoms with Gasteiger partial charge in [0.2, 0.25) is 5.89 Å². The van der Waals surface area contributed by atoms with Crippen LogP contribution in [0.1, 0.15) is 10.4 Å². The Morgan fingerprint density at radius 3 is 2.78 bits per heavy atom. The van der Waals surface area contributed by atoms with Crippen LogP contribution in [0.4, 0.5) is 0 Å². The van der Waals surface area contributed by atoms with Crippen LogP contribution in [-0.4, -0.2) is 16.1 Å². The van der Waals surface area contributed by atoms with Crippen LogP contribution in [0.3, 0.4) is 0 Å². The summed E-state index contributed by atoms with van der Waals surface area (Å²) in [5, 5.41) is 10.2. The lowest BCUT2D eigenvalue weighted by molar-refractivity contribution is 0.0697. The smallest absolute Gasteiger partial charge is 0.335 e. The number of hydrogen-bond acceptors (Lipinski definition) is 4. The van der Waals surface area contributed by atoms with Gasteiger partial charge in [-0.1, -0.05) is 24.3 Å². The number of carboxylic acid groups (broad SMARTS) is 1. The third-order valence-corrected chi connectivity index (χ3v) is 4.68. The molecule has 0 saturated carbocycles. The van der Waals surface area contributed by atoms with Crippen molar-refractivity contribution in [2.24, 2.45) is 0 Å². The molecular weight excluding hydrogens is 310 g/mol. The van der Waals surface area contributed by atoms with E-state index in [9.17, 15) is 4.79 Å². The van der Waals surface area contributed by atoms with E-state index < -0.39 is 5.97 Å². The maximum absolute atomic E-state index is 11.1. The van der Waals surface area contributed by atoms with Gasteiger partial charge in [-0.2, -0.15) is 0 Å². The molecule has 4 nitrogen and oxygen atoms in total. The van der Waals surface area contributed by atoms with Crippen molar-refractivity contribution in [1.82, 2.24) is 4.98 Å². The zero-order valence-electron chi connectivity index (χ0n) is 11.9. The topological polar surface area (TPSA) is 63.3 Å². The first kappa shape index (κ1) is 13.7. The quantitative estimate of drug-likeness (QED) is 0.581. The number of carboxylic acids is 1. The van der Waals surface area contributed by atoms with Crippen LogP contribution in [0.25, 0.3) is 32.1 Å². The van der Waals surface area contributed by atoms with Crippen molar-refractivity contribution in [2.45, 2.75) is 0 Å². The Morgan fingerprint density at radius 1 is 1.09 bits per heavy atom. The van der Waals surface area contributed by atoms with Crippen LogP contribution >= 0.6 is 11.3 Å². The molecule has 5 heteroatoms. The Kier molecular flexibility index (Phi) is 3.20. The predicted octanol–water partition coefficient (Wildman–Crippen LogP) is 4.92. The molecule has 0 radical (unpaired) electrons. The van der Waals surface area contributed by atoms with Crippen LogP contribution in [0.5, 0.6) is 0 Å². The minimum atomic E-state index is -0.969. The maximum Gasteiger partial charge on any atom is 0.335 e. The summed E-state index contributed by atoms with van der Waals surface area (Å²) in [6.07, 6.45) is 1.60. The van der Waals surface area contributed by atoms with Gasteiger partial charge in [0.25, 0.3) is 0 Å². The van der Waals surface area contributed by atoms with Crippen LogP contribution in [0.15, 0.2) is 65.3 Å². The molecule has 4 rings (SSSR count). The molecule has 0 aliphatic heterocycles. The van der Waals surface area contributed by atoms with Crippen LogP contribution in [0, 0.1) is 0 Å². The van der Waals surface area contributed by atoms with Gasteiger partial charge in [0.1, 0.15) is 12.0 Å². The highest BCUT2D eigenvalue weighted by Crippen LogP contribution is 2.34. The highest BCUT2D eigenvalue weighted by molar-refractivity contribution is 7.22. The molecule has 23 heavy (non-hydrogen) atoms. The number of aromatic carboxylic acids is 1. The first-order chi connectivity index (χ1) is 11.2. The van der Waals surface area contributed by atoms with Crippen molar-refractivity contribution in [3.63, 3.8) is 0 Å². The Hall–Kier alpha value is -2.92. The number of benzene rings is 2. The second-order valence-electron chi connectivity index (χ2n) is 5.07. The largest absolute Gasteiger partial charge is 0.478 e.